The van der Waals surface area contributed by atoms with Crippen molar-refractivity contribution in [2.24, 2.45) is 11.7 Å². The van der Waals surface area contributed by atoms with Crippen LogP contribution in [0.4, 0.5) is 0 Å². The average Bonchev–Trinajstić information content (AvgIpc) is 2.30. The summed E-state index contributed by atoms with van der Waals surface area (Å²) in [6.45, 7) is 13.0. The Balaban J connectivity index is 2.75. The molecule has 0 aliphatic heterocycles. The first-order chi connectivity index (χ1) is 8.54. The molecule has 0 aliphatic carbocycles. The van der Waals surface area contributed by atoms with Crippen LogP contribution >= 0.6 is 0 Å². The summed E-state index contributed by atoms with van der Waals surface area (Å²) in [5.41, 5.74) is 9.91. The quantitative estimate of drug-likeness (QED) is 0.803. The molecular formula is C16H28N2. The van der Waals surface area contributed by atoms with Crippen LogP contribution in [0.5, 0.6) is 0 Å². The zero-order valence-electron chi connectivity index (χ0n) is 12.4. The zero-order chi connectivity index (χ0) is 13.5. The third-order valence-corrected chi connectivity index (χ3v) is 3.33. The molecule has 0 spiro atoms. The minimum absolute atomic E-state index is 0.701. The summed E-state index contributed by atoms with van der Waals surface area (Å²) < 4.78 is 0. The molecule has 0 heterocycles. The number of hydrogen-bond donors (Lipinski definition) is 1. The van der Waals surface area contributed by atoms with Crippen LogP contribution in [0, 0.1) is 19.8 Å². The minimum Gasteiger partial charge on any atom is -0.330 e. The maximum Gasteiger partial charge on any atom is 0.0239 e. The summed E-state index contributed by atoms with van der Waals surface area (Å²) in [7, 11) is 0. The molecule has 2 N–H and O–H groups in total. The third kappa shape index (κ3) is 4.79. The van der Waals surface area contributed by atoms with Crippen molar-refractivity contribution >= 4 is 0 Å². The highest BCUT2D eigenvalue weighted by atomic mass is 15.1. The topological polar surface area (TPSA) is 29.3 Å². The van der Waals surface area contributed by atoms with Gasteiger partial charge in [0.1, 0.15) is 0 Å². The standard InChI is InChI=1S/C16H28N2/c1-13(2)11-18(10-6-9-17)12-16-14(3)7-5-8-15(16)4/h5,7-8,13H,6,9-12,17H2,1-4H3. The fourth-order valence-electron chi connectivity index (χ4n) is 2.39. The second-order valence-electron chi connectivity index (χ2n) is 5.64. The van der Waals surface area contributed by atoms with Crippen LogP contribution < -0.4 is 5.73 Å². The molecule has 0 atom stereocenters. The van der Waals surface area contributed by atoms with Gasteiger partial charge in [0.15, 0.2) is 0 Å². The van der Waals surface area contributed by atoms with Crippen LogP contribution in [0.15, 0.2) is 18.2 Å². The lowest BCUT2D eigenvalue weighted by Crippen LogP contribution is -2.30. The molecule has 0 radical (unpaired) electrons. The van der Waals surface area contributed by atoms with Gasteiger partial charge in [-0.1, -0.05) is 32.0 Å². The molecular weight excluding hydrogens is 220 g/mol. The molecule has 0 amide bonds. The normalized spacial score (nSPS) is 11.5. The largest absolute Gasteiger partial charge is 0.330 e. The average molecular weight is 248 g/mol. The first kappa shape index (κ1) is 15.2. The second-order valence-corrected chi connectivity index (χ2v) is 5.64. The molecule has 0 aromatic heterocycles. The molecule has 102 valence electrons. The lowest BCUT2D eigenvalue weighted by Gasteiger charge is -2.25. The van der Waals surface area contributed by atoms with Crippen molar-refractivity contribution < 1.29 is 0 Å². The van der Waals surface area contributed by atoms with Crippen molar-refractivity contribution in [3.8, 4) is 0 Å². The van der Waals surface area contributed by atoms with Crippen LogP contribution in [0.3, 0.4) is 0 Å². The van der Waals surface area contributed by atoms with Gasteiger partial charge in [0.2, 0.25) is 0 Å². The number of nitrogens with zero attached hydrogens (tertiary/aromatic N) is 1. The Morgan fingerprint density at radius 3 is 2.28 bits per heavy atom. The number of rotatable bonds is 7. The Bertz CT molecular complexity index is 338. The zero-order valence-corrected chi connectivity index (χ0v) is 12.4. The Morgan fingerprint density at radius 2 is 1.78 bits per heavy atom. The molecule has 2 nitrogen and oxygen atoms in total. The predicted octanol–water partition coefficient (Wildman–Crippen LogP) is 3.11. The number of aryl methyl sites for hydroxylation is 2. The van der Waals surface area contributed by atoms with E-state index in [0.29, 0.717) is 5.92 Å². The van der Waals surface area contributed by atoms with Gasteiger partial charge < -0.3 is 5.73 Å². The predicted molar refractivity (Wildman–Crippen MR) is 79.7 cm³/mol. The summed E-state index contributed by atoms with van der Waals surface area (Å²) in [5, 5.41) is 0. The van der Waals surface area contributed by atoms with Crippen LogP contribution in [-0.4, -0.2) is 24.5 Å². The fourth-order valence-corrected chi connectivity index (χ4v) is 2.39. The van der Waals surface area contributed by atoms with Gasteiger partial charge in [-0.15, -0.1) is 0 Å². The van der Waals surface area contributed by atoms with E-state index in [1.54, 1.807) is 0 Å². The SMILES string of the molecule is Cc1cccc(C)c1CN(CCCN)CC(C)C. The van der Waals surface area contributed by atoms with E-state index >= 15 is 0 Å². The van der Waals surface area contributed by atoms with Gasteiger partial charge in [0.25, 0.3) is 0 Å². The first-order valence-corrected chi connectivity index (χ1v) is 7.02. The van der Waals surface area contributed by atoms with E-state index in [0.717, 1.165) is 32.6 Å². The molecule has 0 aliphatic rings. The van der Waals surface area contributed by atoms with Gasteiger partial charge in [-0.3, -0.25) is 4.90 Å². The maximum absolute atomic E-state index is 5.63. The highest BCUT2D eigenvalue weighted by Gasteiger charge is 2.10. The van der Waals surface area contributed by atoms with Crippen molar-refractivity contribution in [2.75, 3.05) is 19.6 Å². The lowest BCUT2D eigenvalue weighted by molar-refractivity contribution is 0.234. The molecule has 0 bridgehead atoms. The molecule has 0 saturated heterocycles. The molecule has 1 aromatic carbocycles. The molecule has 1 aromatic rings. The van der Waals surface area contributed by atoms with Crippen molar-refractivity contribution in [1.29, 1.82) is 0 Å². The summed E-state index contributed by atoms with van der Waals surface area (Å²) >= 11 is 0. The first-order valence-electron chi connectivity index (χ1n) is 7.02. The van der Waals surface area contributed by atoms with Crippen molar-refractivity contribution in [2.45, 2.75) is 40.7 Å². The number of hydrogen-bond acceptors (Lipinski definition) is 2. The van der Waals surface area contributed by atoms with E-state index in [1.165, 1.54) is 16.7 Å². The number of nitrogens with two attached hydrogens (primary N) is 1. The highest BCUT2D eigenvalue weighted by molar-refractivity contribution is 5.33. The smallest absolute Gasteiger partial charge is 0.0239 e. The second kappa shape index (κ2) is 7.55. The van der Waals surface area contributed by atoms with E-state index in [2.05, 4.69) is 50.8 Å². The lowest BCUT2D eigenvalue weighted by atomic mass is 10.0. The summed E-state index contributed by atoms with van der Waals surface area (Å²) in [5.74, 6) is 0.701. The maximum atomic E-state index is 5.63. The Morgan fingerprint density at radius 1 is 1.17 bits per heavy atom. The van der Waals surface area contributed by atoms with Gasteiger partial charge in [-0.05, 0) is 56.0 Å². The van der Waals surface area contributed by atoms with Crippen LogP contribution in [-0.2, 0) is 6.54 Å². The van der Waals surface area contributed by atoms with Crippen molar-refractivity contribution in [3.05, 3.63) is 34.9 Å². The highest BCUT2D eigenvalue weighted by Crippen LogP contribution is 2.16. The summed E-state index contributed by atoms with van der Waals surface area (Å²) in [6.07, 6.45) is 1.08. The third-order valence-electron chi connectivity index (χ3n) is 3.33. The van der Waals surface area contributed by atoms with E-state index in [9.17, 15) is 0 Å². The van der Waals surface area contributed by atoms with Gasteiger partial charge in [-0.2, -0.15) is 0 Å². The monoisotopic (exact) mass is 248 g/mol. The fraction of sp³-hybridized carbons (Fsp3) is 0.625. The summed E-state index contributed by atoms with van der Waals surface area (Å²) in [6, 6.07) is 6.55. The molecule has 0 unspecified atom stereocenters. The summed E-state index contributed by atoms with van der Waals surface area (Å²) in [4.78, 5) is 2.53. The van der Waals surface area contributed by atoms with E-state index in [1.807, 2.05) is 0 Å². The van der Waals surface area contributed by atoms with E-state index in [-0.39, 0.29) is 0 Å². The minimum atomic E-state index is 0.701. The number of benzene rings is 1. The van der Waals surface area contributed by atoms with Crippen LogP contribution in [0.2, 0.25) is 0 Å². The Hall–Kier alpha value is -0.860. The van der Waals surface area contributed by atoms with Crippen molar-refractivity contribution in [1.82, 2.24) is 4.90 Å². The molecule has 0 saturated carbocycles. The van der Waals surface area contributed by atoms with Crippen LogP contribution in [0.25, 0.3) is 0 Å². The molecule has 0 fully saturated rings. The molecule has 18 heavy (non-hydrogen) atoms. The van der Waals surface area contributed by atoms with E-state index < -0.39 is 0 Å². The van der Waals surface area contributed by atoms with E-state index in [4.69, 9.17) is 5.73 Å². The van der Waals surface area contributed by atoms with Gasteiger partial charge >= 0.3 is 0 Å². The van der Waals surface area contributed by atoms with Crippen LogP contribution in [0.1, 0.15) is 37.0 Å². The van der Waals surface area contributed by atoms with Gasteiger partial charge in [-0.25, -0.2) is 0 Å². The van der Waals surface area contributed by atoms with Gasteiger partial charge in [0, 0.05) is 13.1 Å². The Kier molecular flexibility index (Phi) is 6.37. The van der Waals surface area contributed by atoms with Gasteiger partial charge in [0.05, 0.1) is 0 Å². The van der Waals surface area contributed by atoms with Crippen molar-refractivity contribution in [3.63, 3.8) is 0 Å². The molecule has 1 rings (SSSR count). The Labute approximate surface area is 112 Å². The molecule has 2 heteroatoms.